The van der Waals surface area contributed by atoms with E-state index in [4.69, 9.17) is 0 Å². The first kappa shape index (κ1) is 14.6. The highest BCUT2D eigenvalue weighted by molar-refractivity contribution is 5.28. The fourth-order valence-electron chi connectivity index (χ4n) is 4.28. The Bertz CT molecular complexity index is 698. The Balaban J connectivity index is 1.14. The van der Waals surface area contributed by atoms with Gasteiger partial charge < -0.3 is 5.32 Å². The van der Waals surface area contributed by atoms with Gasteiger partial charge in [0.15, 0.2) is 0 Å². The molecule has 3 nitrogen and oxygen atoms in total. The van der Waals surface area contributed by atoms with Crippen LogP contribution in [0.1, 0.15) is 41.9 Å². The summed E-state index contributed by atoms with van der Waals surface area (Å²) in [5.74, 6) is 0.740. The number of aromatic nitrogens is 1. The van der Waals surface area contributed by atoms with Gasteiger partial charge in [0, 0.05) is 50.5 Å². The number of fused-ring (bicyclic) bond motifs is 1. The Morgan fingerprint density at radius 3 is 2.71 bits per heavy atom. The lowest BCUT2D eigenvalue weighted by Gasteiger charge is -2.23. The molecule has 0 unspecified atom stereocenters. The molecule has 1 N–H and O–H groups in total. The predicted molar refractivity (Wildman–Crippen MR) is 95.6 cm³/mol. The first-order valence-corrected chi connectivity index (χ1v) is 9.24. The monoisotopic (exact) mass is 319 g/mol. The van der Waals surface area contributed by atoms with Crippen molar-refractivity contribution in [1.29, 1.82) is 0 Å². The summed E-state index contributed by atoms with van der Waals surface area (Å²) in [6.45, 7) is 4.61. The number of nitrogens with one attached hydrogen (secondary N) is 1. The van der Waals surface area contributed by atoms with Gasteiger partial charge in [0.2, 0.25) is 0 Å². The smallest absolute Gasteiger partial charge is 0.0316 e. The molecule has 0 radical (unpaired) electrons. The minimum absolute atomic E-state index is 0.527. The van der Waals surface area contributed by atoms with E-state index in [1.54, 1.807) is 0 Å². The zero-order valence-electron chi connectivity index (χ0n) is 14.1. The predicted octanol–water partition coefficient (Wildman–Crippen LogP) is 3.32. The molecule has 2 atom stereocenters. The van der Waals surface area contributed by atoms with Crippen LogP contribution >= 0.6 is 0 Å². The van der Waals surface area contributed by atoms with Crippen LogP contribution in [0.3, 0.4) is 0 Å². The second-order valence-corrected chi connectivity index (χ2v) is 8.03. The Labute approximate surface area is 144 Å². The molecule has 124 valence electrons. The number of benzene rings is 1. The van der Waals surface area contributed by atoms with Crippen molar-refractivity contribution in [2.24, 2.45) is 5.41 Å². The van der Waals surface area contributed by atoms with Gasteiger partial charge in [-0.1, -0.05) is 30.3 Å². The molecule has 3 heteroatoms. The number of hydrogen-bond donors (Lipinski definition) is 1. The summed E-state index contributed by atoms with van der Waals surface area (Å²) < 4.78 is 0. The Hall–Kier alpha value is -1.71. The lowest BCUT2D eigenvalue weighted by Crippen LogP contribution is -2.34. The average molecular weight is 319 g/mol. The van der Waals surface area contributed by atoms with Gasteiger partial charge in [0.05, 0.1) is 0 Å². The van der Waals surface area contributed by atoms with Gasteiger partial charge in [-0.15, -0.1) is 0 Å². The van der Waals surface area contributed by atoms with E-state index in [1.807, 2.05) is 12.4 Å². The fraction of sp³-hybridized carbons (Fsp3) is 0.476. The van der Waals surface area contributed by atoms with Crippen molar-refractivity contribution in [1.82, 2.24) is 15.2 Å². The third kappa shape index (κ3) is 2.87. The third-order valence-corrected chi connectivity index (χ3v) is 6.07. The maximum absolute atomic E-state index is 4.27. The number of hydrogen-bond acceptors (Lipinski definition) is 3. The Morgan fingerprint density at radius 1 is 1.08 bits per heavy atom. The van der Waals surface area contributed by atoms with E-state index in [0.717, 1.165) is 19.0 Å². The van der Waals surface area contributed by atoms with Crippen LogP contribution in [0, 0.1) is 5.41 Å². The van der Waals surface area contributed by atoms with Crippen molar-refractivity contribution < 1.29 is 0 Å². The van der Waals surface area contributed by atoms with Crippen LogP contribution in [0.25, 0.3) is 0 Å². The van der Waals surface area contributed by atoms with Crippen molar-refractivity contribution in [3.8, 4) is 0 Å². The lowest BCUT2D eigenvalue weighted by atomic mass is 10.1. The van der Waals surface area contributed by atoms with Gasteiger partial charge in [-0.05, 0) is 47.4 Å². The van der Waals surface area contributed by atoms with Crippen molar-refractivity contribution >= 4 is 0 Å². The van der Waals surface area contributed by atoms with E-state index < -0.39 is 0 Å². The van der Waals surface area contributed by atoms with E-state index in [1.165, 1.54) is 49.0 Å². The summed E-state index contributed by atoms with van der Waals surface area (Å²) in [7, 11) is 0. The molecule has 1 aliphatic heterocycles. The zero-order valence-corrected chi connectivity index (χ0v) is 14.1. The molecule has 2 fully saturated rings. The molecule has 2 saturated carbocycles. The number of pyridine rings is 1. The van der Waals surface area contributed by atoms with E-state index in [-0.39, 0.29) is 0 Å². The van der Waals surface area contributed by atoms with Gasteiger partial charge in [0.25, 0.3) is 0 Å². The Morgan fingerprint density at radius 2 is 1.92 bits per heavy atom. The van der Waals surface area contributed by atoms with E-state index >= 15 is 0 Å². The SMILES string of the molecule is c1ccc([C@H]2C[C@@H]2NCC2(CN3Cc4ccncc4C3)CC2)cc1. The van der Waals surface area contributed by atoms with Crippen LogP contribution in [-0.4, -0.2) is 29.0 Å². The highest BCUT2D eigenvalue weighted by atomic mass is 15.2. The molecule has 3 aliphatic rings. The van der Waals surface area contributed by atoms with Gasteiger partial charge >= 0.3 is 0 Å². The molecule has 2 heterocycles. The first-order chi connectivity index (χ1) is 11.8. The molecule has 0 amide bonds. The maximum atomic E-state index is 4.27. The molecule has 0 spiro atoms. The molecule has 0 saturated heterocycles. The summed E-state index contributed by atoms with van der Waals surface area (Å²) in [4.78, 5) is 6.88. The number of rotatable bonds is 6. The van der Waals surface area contributed by atoms with Gasteiger partial charge in [-0.25, -0.2) is 0 Å². The summed E-state index contributed by atoms with van der Waals surface area (Å²) >= 11 is 0. The second kappa shape index (κ2) is 5.68. The first-order valence-electron chi connectivity index (χ1n) is 9.24. The van der Waals surface area contributed by atoms with E-state index in [0.29, 0.717) is 11.5 Å². The van der Waals surface area contributed by atoms with E-state index in [2.05, 4.69) is 51.6 Å². The summed E-state index contributed by atoms with van der Waals surface area (Å²) in [6.07, 6.45) is 8.04. The molecule has 24 heavy (non-hydrogen) atoms. The summed E-state index contributed by atoms with van der Waals surface area (Å²) in [6, 6.07) is 13.9. The lowest BCUT2D eigenvalue weighted by molar-refractivity contribution is 0.219. The molecular formula is C21H25N3. The normalized spacial score (nSPS) is 27.0. The highest BCUT2D eigenvalue weighted by Crippen LogP contribution is 2.48. The number of nitrogens with zero attached hydrogens (tertiary/aromatic N) is 2. The quantitative estimate of drug-likeness (QED) is 0.885. The summed E-state index contributed by atoms with van der Waals surface area (Å²) in [5, 5.41) is 3.86. The topological polar surface area (TPSA) is 28.2 Å². The summed E-state index contributed by atoms with van der Waals surface area (Å²) in [5.41, 5.74) is 4.93. The highest BCUT2D eigenvalue weighted by Gasteiger charge is 2.46. The molecule has 2 aliphatic carbocycles. The standard InChI is InChI=1S/C21H25N3/c1-2-4-16(5-3-1)19-10-20(19)23-14-21(7-8-21)15-24-12-17-6-9-22-11-18(17)13-24/h1-6,9,11,19-20,23H,7-8,10,12-15H2/t19-,20+/m1/s1. The van der Waals surface area contributed by atoms with Crippen LogP contribution in [0.2, 0.25) is 0 Å². The Kier molecular flexibility index (Phi) is 3.46. The van der Waals surface area contributed by atoms with Crippen LogP contribution in [0.4, 0.5) is 0 Å². The van der Waals surface area contributed by atoms with Crippen molar-refractivity contribution in [3.63, 3.8) is 0 Å². The van der Waals surface area contributed by atoms with Crippen LogP contribution < -0.4 is 5.32 Å². The molecular weight excluding hydrogens is 294 g/mol. The van der Waals surface area contributed by atoms with Crippen molar-refractivity contribution in [2.75, 3.05) is 13.1 Å². The van der Waals surface area contributed by atoms with Crippen LogP contribution in [0.5, 0.6) is 0 Å². The van der Waals surface area contributed by atoms with Gasteiger partial charge in [-0.3, -0.25) is 9.88 Å². The molecule has 5 rings (SSSR count). The van der Waals surface area contributed by atoms with Gasteiger partial charge in [0.1, 0.15) is 0 Å². The molecule has 2 aromatic rings. The third-order valence-electron chi connectivity index (χ3n) is 6.07. The maximum Gasteiger partial charge on any atom is 0.0316 e. The minimum Gasteiger partial charge on any atom is -0.313 e. The van der Waals surface area contributed by atoms with Crippen LogP contribution in [0.15, 0.2) is 48.8 Å². The zero-order chi connectivity index (χ0) is 16.0. The molecule has 0 bridgehead atoms. The minimum atomic E-state index is 0.527. The fourth-order valence-corrected chi connectivity index (χ4v) is 4.28. The van der Waals surface area contributed by atoms with E-state index in [9.17, 15) is 0 Å². The molecule has 1 aromatic heterocycles. The van der Waals surface area contributed by atoms with Crippen LogP contribution in [-0.2, 0) is 13.1 Å². The largest absolute Gasteiger partial charge is 0.313 e. The van der Waals surface area contributed by atoms with Gasteiger partial charge in [-0.2, -0.15) is 0 Å². The van der Waals surface area contributed by atoms with Crippen molar-refractivity contribution in [2.45, 2.75) is 44.3 Å². The van der Waals surface area contributed by atoms with Crippen molar-refractivity contribution in [3.05, 3.63) is 65.5 Å². The molecule has 1 aromatic carbocycles. The second-order valence-electron chi connectivity index (χ2n) is 8.03. The average Bonchev–Trinajstić information content (AvgIpc) is 3.51.